The molecule has 0 unspecified atom stereocenters. The third kappa shape index (κ3) is 4.88. The molecule has 0 atom stereocenters. The van der Waals surface area contributed by atoms with Crippen LogP contribution in [0, 0.1) is 13.8 Å². The largest absolute Gasteiger partial charge is 0.497 e. The minimum absolute atomic E-state index is 0.0189. The van der Waals surface area contributed by atoms with Gasteiger partial charge in [-0.2, -0.15) is 0 Å². The Hall–Kier alpha value is -3.02. The van der Waals surface area contributed by atoms with E-state index < -0.39 is 0 Å². The number of rotatable bonds is 5. The van der Waals surface area contributed by atoms with E-state index in [-0.39, 0.29) is 18.4 Å². The molecule has 1 saturated heterocycles. The Morgan fingerprint density at radius 1 is 1.00 bits per heavy atom. The third-order valence-electron chi connectivity index (χ3n) is 5.39. The smallest absolute Gasteiger partial charge is 0.242 e. The first-order chi connectivity index (χ1) is 13.9. The Labute approximate surface area is 172 Å². The first kappa shape index (κ1) is 20.7. The molecule has 0 spiro atoms. The third-order valence-corrected chi connectivity index (χ3v) is 5.39. The van der Waals surface area contributed by atoms with Gasteiger partial charge in [-0.25, -0.2) is 0 Å². The molecule has 2 aromatic carbocycles. The predicted molar refractivity (Wildman–Crippen MR) is 116 cm³/mol. The lowest BCUT2D eigenvalue weighted by Gasteiger charge is -2.37. The molecule has 0 radical (unpaired) electrons. The first-order valence-corrected chi connectivity index (χ1v) is 9.91. The summed E-state index contributed by atoms with van der Waals surface area (Å²) in [7, 11) is 1.65. The number of aryl methyl sites for hydroxylation is 2. The molecular formula is C23H29N3O3. The Balaban J connectivity index is 1.62. The molecule has 0 saturated carbocycles. The van der Waals surface area contributed by atoms with Crippen molar-refractivity contribution in [1.82, 2.24) is 4.90 Å². The van der Waals surface area contributed by atoms with Crippen LogP contribution < -0.4 is 14.5 Å². The van der Waals surface area contributed by atoms with Gasteiger partial charge >= 0.3 is 0 Å². The highest BCUT2D eigenvalue weighted by Crippen LogP contribution is 2.23. The number of anilines is 2. The standard InChI is InChI=1S/C23H29N3O3/c1-17-5-10-22(18(2)15-17)26(19(3)27)16-23(28)25-13-11-24(12-14-25)20-6-8-21(29-4)9-7-20/h5-10,15H,11-14,16H2,1-4H3. The van der Waals surface area contributed by atoms with Crippen molar-refractivity contribution in [2.24, 2.45) is 0 Å². The molecule has 2 aromatic rings. The number of amides is 2. The molecule has 6 nitrogen and oxygen atoms in total. The average Bonchev–Trinajstić information content (AvgIpc) is 2.72. The molecule has 0 N–H and O–H groups in total. The summed E-state index contributed by atoms with van der Waals surface area (Å²) < 4.78 is 5.21. The molecule has 2 amide bonds. The quantitative estimate of drug-likeness (QED) is 0.781. The molecular weight excluding hydrogens is 366 g/mol. The van der Waals surface area contributed by atoms with Gasteiger partial charge in [0, 0.05) is 44.5 Å². The maximum atomic E-state index is 12.9. The summed E-state index contributed by atoms with van der Waals surface area (Å²) in [6.45, 7) is 8.38. The molecule has 6 heteroatoms. The van der Waals surface area contributed by atoms with Crippen LogP contribution in [0.4, 0.5) is 11.4 Å². The van der Waals surface area contributed by atoms with E-state index in [4.69, 9.17) is 4.74 Å². The van der Waals surface area contributed by atoms with E-state index in [9.17, 15) is 9.59 Å². The van der Waals surface area contributed by atoms with Crippen LogP contribution in [-0.2, 0) is 9.59 Å². The zero-order valence-electron chi connectivity index (χ0n) is 17.6. The van der Waals surface area contributed by atoms with Crippen molar-refractivity contribution in [3.8, 4) is 5.75 Å². The summed E-state index contributed by atoms with van der Waals surface area (Å²) in [6.07, 6.45) is 0. The summed E-state index contributed by atoms with van der Waals surface area (Å²) in [5.41, 5.74) is 4.06. The molecule has 1 aliphatic heterocycles. The lowest BCUT2D eigenvalue weighted by molar-refractivity contribution is -0.131. The van der Waals surface area contributed by atoms with Crippen LogP contribution in [0.15, 0.2) is 42.5 Å². The van der Waals surface area contributed by atoms with Crippen molar-refractivity contribution < 1.29 is 14.3 Å². The average molecular weight is 396 g/mol. The van der Waals surface area contributed by atoms with E-state index in [1.54, 1.807) is 12.0 Å². The molecule has 154 valence electrons. The zero-order chi connectivity index (χ0) is 21.0. The maximum absolute atomic E-state index is 12.9. The van der Waals surface area contributed by atoms with Gasteiger partial charge in [-0.3, -0.25) is 9.59 Å². The second-order valence-corrected chi connectivity index (χ2v) is 7.46. The maximum Gasteiger partial charge on any atom is 0.242 e. The number of hydrogen-bond donors (Lipinski definition) is 0. The first-order valence-electron chi connectivity index (χ1n) is 9.91. The van der Waals surface area contributed by atoms with Crippen LogP contribution in [0.5, 0.6) is 5.75 Å². The Kier molecular flexibility index (Phi) is 6.42. The summed E-state index contributed by atoms with van der Waals surface area (Å²) in [4.78, 5) is 30.8. The van der Waals surface area contributed by atoms with E-state index in [0.717, 1.165) is 41.3 Å². The molecule has 29 heavy (non-hydrogen) atoms. The van der Waals surface area contributed by atoms with Crippen molar-refractivity contribution in [1.29, 1.82) is 0 Å². The van der Waals surface area contributed by atoms with Crippen LogP contribution in [0.2, 0.25) is 0 Å². The lowest BCUT2D eigenvalue weighted by atomic mass is 10.1. The SMILES string of the molecule is COc1ccc(N2CCN(C(=O)CN(C(C)=O)c3ccc(C)cc3C)CC2)cc1. The van der Waals surface area contributed by atoms with Crippen molar-refractivity contribution in [3.05, 3.63) is 53.6 Å². The second kappa shape index (κ2) is 8.99. The minimum atomic E-state index is -0.123. The molecule has 1 fully saturated rings. The van der Waals surface area contributed by atoms with E-state index in [2.05, 4.69) is 4.90 Å². The van der Waals surface area contributed by atoms with Gasteiger partial charge in [0.05, 0.1) is 7.11 Å². The predicted octanol–water partition coefficient (Wildman–Crippen LogP) is 3.01. The topological polar surface area (TPSA) is 53.1 Å². The highest BCUT2D eigenvalue weighted by atomic mass is 16.5. The molecule has 1 heterocycles. The highest BCUT2D eigenvalue weighted by molar-refractivity contribution is 5.98. The Bertz CT molecular complexity index is 871. The van der Waals surface area contributed by atoms with E-state index in [1.165, 1.54) is 6.92 Å². The molecule has 0 bridgehead atoms. The number of carbonyl (C=O) groups is 2. The van der Waals surface area contributed by atoms with Crippen LogP contribution >= 0.6 is 0 Å². The van der Waals surface area contributed by atoms with E-state index >= 15 is 0 Å². The van der Waals surface area contributed by atoms with Gasteiger partial charge in [0.15, 0.2) is 0 Å². The Morgan fingerprint density at radius 2 is 1.66 bits per heavy atom. The van der Waals surface area contributed by atoms with Crippen LogP contribution in [0.25, 0.3) is 0 Å². The Morgan fingerprint density at radius 3 is 2.21 bits per heavy atom. The summed E-state index contributed by atoms with van der Waals surface area (Å²) in [5.74, 6) is 0.690. The van der Waals surface area contributed by atoms with E-state index in [1.807, 2.05) is 61.2 Å². The van der Waals surface area contributed by atoms with Gasteiger partial charge in [0.25, 0.3) is 0 Å². The molecule has 3 rings (SSSR count). The fourth-order valence-electron chi connectivity index (χ4n) is 3.72. The van der Waals surface area contributed by atoms with Crippen molar-refractivity contribution >= 4 is 23.2 Å². The number of piperazine rings is 1. The number of nitrogens with zero attached hydrogens (tertiary/aromatic N) is 3. The normalized spacial score (nSPS) is 13.9. The van der Waals surface area contributed by atoms with Gasteiger partial charge in [-0.1, -0.05) is 17.7 Å². The van der Waals surface area contributed by atoms with Crippen LogP contribution in [-0.4, -0.2) is 56.5 Å². The van der Waals surface area contributed by atoms with Crippen molar-refractivity contribution in [2.45, 2.75) is 20.8 Å². The molecule has 0 aliphatic carbocycles. The second-order valence-electron chi connectivity index (χ2n) is 7.46. The van der Waals surface area contributed by atoms with Crippen molar-refractivity contribution in [3.63, 3.8) is 0 Å². The monoisotopic (exact) mass is 395 g/mol. The zero-order valence-corrected chi connectivity index (χ0v) is 17.6. The summed E-state index contributed by atoms with van der Waals surface area (Å²) in [6, 6.07) is 13.9. The minimum Gasteiger partial charge on any atom is -0.497 e. The lowest BCUT2D eigenvalue weighted by Crippen LogP contribution is -2.52. The van der Waals surface area contributed by atoms with Gasteiger partial charge in [-0.15, -0.1) is 0 Å². The van der Waals surface area contributed by atoms with Crippen LogP contribution in [0.1, 0.15) is 18.1 Å². The highest BCUT2D eigenvalue weighted by Gasteiger charge is 2.25. The van der Waals surface area contributed by atoms with Gasteiger partial charge < -0.3 is 19.4 Å². The number of ether oxygens (including phenoxy) is 1. The summed E-state index contributed by atoms with van der Waals surface area (Å²) >= 11 is 0. The molecule has 0 aromatic heterocycles. The number of carbonyl (C=O) groups excluding carboxylic acids is 2. The van der Waals surface area contributed by atoms with Gasteiger partial charge in [0.1, 0.15) is 12.3 Å². The summed E-state index contributed by atoms with van der Waals surface area (Å²) in [5, 5.41) is 0. The number of hydrogen-bond acceptors (Lipinski definition) is 4. The van der Waals surface area contributed by atoms with Crippen molar-refractivity contribution in [2.75, 3.05) is 49.6 Å². The molecule has 1 aliphatic rings. The number of methoxy groups -OCH3 is 1. The number of benzene rings is 2. The fraction of sp³-hybridized carbons (Fsp3) is 0.391. The van der Waals surface area contributed by atoms with Gasteiger partial charge in [0.2, 0.25) is 11.8 Å². The van der Waals surface area contributed by atoms with Gasteiger partial charge in [-0.05, 0) is 49.7 Å². The van der Waals surface area contributed by atoms with Crippen LogP contribution in [0.3, 0.4) is 0 Å². The fourth-order valence-corrected chi connectivity index (χ4v) is 3.72. The van der Waals surface area contributed by atoms with E-state index in [0.29, 0.717) is 13.1 Å².